The van der Waals surface area contributed by atoms with E-state index in [1.165, 1.54) is 6.07 Å². The molecule has 0 spiro atoms. The molecule has 0 saturated carbocycles. The molecule has 0 aromatic heterocycles. The van der Waals surface area contributed by atoms with Crippen molar-refractivity contribution in [3.05, 3.63) is 65.0 Å². The zero-order valence-corrected chi connectivity index (χ0v) is 12.3. The molecule has 0 heterocycles. The van der Waals surface area contributed by atoms with Gasteiger partial charge in [-0.15, -0.1) is 0 Å². The van der Waals surface area contributed by atoms with E-state index in [4.69, 9.17) is 0 Å². The number of rotatable bonds is 4. The minimum atomic E-state index is -0.988. The van der Waals surface area contributed by atoms with Crippen molar-refractivity contribution in [3.8, 4) is 0 Å². The lowest BCUT2D eigenvalue weighted by molar-refractivity contribution is 0.0697. The summed E-state index contributed by atoms with van der Waals surface area (Å²) in [6.07, 6.45) is 0. The lowest BCUT2D eigenvalue weighted by Crippen LogP contribution is -2.24. The number of hydrogen-bond acceptors (Lipinski definition) is 2. The van der Waals surface area contributed by atoms with Crippen LogP contribution in [0.15, 0.2) is 42.5 Å². The fourth-order valence-corrected chi connectivity index (χ4v) is 2.35. The van der Waals surface area contributed by atoms with Gasteiger partial charge < -0.3 is 10.0 Å². The number of halogens is 1. The van der Waals surface area contributed by atoms with E-state index in [0.717, 1.165) is 5.56 Å². The Bertz CT molecular complexity index is 670. The zero-order chi connectivity index (χ0) is 15.6. The number of benzene rings is 2. The van der Waals surface area contributed by atoms with Gasteiger partial charge in [-0.05, 0) is 37.6 Å². The Labute approximate surface area is 123 Å². The highest BCUT2D eigenvalue weighted by molar-refractivity contribution is 5.94. The smallest absolute Gasteiger partial charge is 0.337 e. The van der Waals surface area contributed by atoms with Crippen LogP contribution in [0.3, 0.4) is 0 Å². The van der Waals surface area contributed by atoms with Crippen LogP contribution in [0.4, 0.5) is 10.1 Å². The molecule has 0 aliphatic carbocycles. The zero-order valence-electron chi connectivity index (χ0n) is 12.3. The van der Waals surface area contributed by atoms with Gasteiger partial charge in [-0.1, -0.05) is 24.3 Å². The largest absolute Gasteiger partial charge is 0.478 e. The first-order valence-corrected chi connectivity index (χ1v) is 6.73. The van der Waals surface area contributed by atoms with Crippen LogP contribution in [0.5, 0.6) is 0 Å². The quantitative estimate of drug-likeness (QED) is 0.923. The van der Waals surface area contributed by atoms with Gasteiger partial charge in [-0.3, -0.25) is 0 Å². The summed E-state index contributed by atoms with van der Waals surface area (Å²) in [4.78, 5) is 13.1. The SMILES string of the molecule is Cc1ccc(C(=O)O)c(N(C)C(C)c2ccccc2F)c1. The molecular weight excluding hydrogens is 269 g/mol. The van der Waals surface area contributed by atoms with Crippen LogP contribution in [0.25, 0.3) is 0 Å². The van der Waals surface area contributed by atoms with E-state index in [-0.39, 0.29) is 17.4 Å². The van der Waals surface area contributed by atoms with Gasteiger partial charge in [0.25, 0.3) is 0 Å². The number of carbonyl (C=O) groups is 1. The lowest BCUT2D eigenvalue weighted by Gasteiger charge is -2.29. The number of carboxylic acids is 1. The minimum Gasteiger partial charge on any atom is -0.478 e. The van der Waals surface area contributed by atoms with Crippen LogP contribution in [0.1, 0.15) is 34.5 Å². The summed E-state index contributed by atoms with van der Waals surface area (Å²) in [5, 5.41) is 9.31. The number of aryl methyl sites for hydroxylation is 1. The molecular formula is C17H18FNO2. The molecule has 110 valence electrons. The van der Waals surface area contributed by atoms with E-state index >= 15 is 0 Å². The highest BCUT2D eigenvalue weighted by Crippen LogP contribution is 2.30. The monoisotopic (exact) mass is 287 g/mol. The molecule has 4 heteroatoms. The molecule has 21 heavy (non-hydrogen) atoms. The fraction of sp³-hybridized carbons (Fsp3) is 0.235. The van der Waals surface area contributed by atoms with E-state index < -0.39 is 5.97 Å². The molecule has 0 aliphatic heterocycles. The van der Waals surface area contributed by atoms with Crippen LogP contribution in [0, 0.1) is 12.7 Å². The molecule has 0 amide bonds. The fourth-order valence-electron chi connectivity index (χ4n) is 2.35. The highest BCUT2D eigenvalue weighted by atomic mass is 19.1. The van der Waals surface area contributed by atoms with Crippen molar-refractivity contribution >= 4 is 11.7 Å². The lowest BCUT2D eigenvalue weighted by atomic mass is 10.0. The van der Waals surface area contributed by atoms with Gasteiger partial charge in [0.2, 0.25) is 0 Å². The van der Waals surface area contributed by atoms with Gasteiger partial charge in [0.1, 0.15) is 5.82 Å². The van der Waals surface area contributed by atoms with Crippen LogP contribution in [-0.2, 0) is 0 Å². The topological polar surface area (TPSA) is 40.5 Å². The normalized spacial score (nSPS) is 12.0. The third-order valence-corrected chi connectivity index (χ3v) is 3.70. The Hall–Kier alpha value is -2.36. The Morgan fingerprint density at radius 1 is 1.24 bits per heavy atom. The van der Waals surface area contributed by atoms with Crippen molar-refractivity contribution in [3.63, 3.8) is 0 Å². The average Bonchev–Trinajstić information content (AvgIpc) is 2.45. The van der Waals surface area contributed by atoms with E-state index in [0.29, 0.717) is 11.3 Å². The Balaban J connectivity index is 2.44. The first-order valence-electron chi connectivity index (χ1n) is 6.73. The van der Waals surface area contributed by atoms with Crippen molar-refractivity contribution in [1.82, 2.24) is 0 Å². The molecule has 2 aromatic carbocycles. The molecule has 3 nitrogen and oxygen atoms in total. The van der Waals surface area contributed by atoms with E-state index in [2.05, 4.69) is 0 Å². The minimum absolute atomic E-state index is 0.214. The number of anilines is 1. The van der Waals surface area contributed by atoms with Crippen LogP contribution in [-0.4, -0.2) is 18.1 Å². The van der Waals surface area contributed by atoms with E-state index in [9.17, 15) is 14.3 Å². The molecule has 2 rings (SSSR count). The van der Waals surface area contributed by atoms with Gasteiger partial charge in [0.15, 0.2) is 0 Å². The predicted octanol–water partition coefficient (Wildman–Crippen LogP) is 4.03. The molecule has 0 radical (unpaired) electrons. The maximum atomic E-state index is 13.9. The van der Waals surface area contributed by atoms with Crippen LogP contribution in [0.2, 0.25) is 0 Å². The molecule has 1 atom stereocenters. The molecule has 0 aliphatic rings. The predicted molar refractivity (Wildman–Crippen MR) is 81.4 cm³/mol. The maximum Gasteiger partial charge on any atom is 0.337 e. The van der Waals surface area contributed by atoms with Gasteiger partial charge in [-0.25, -0.2) is 9.18 Å². The van der Waals surface area contributed by atoms with Crippen LogP contribution >= 0.6 is 0 Å². The second-order valence-electron chi connectivity index (χ2n) is 5.13. The van der Waals surface area contributed by atoms with Crippen LogP contribution < -0.4 is 4.90 Å². The number of aromatic carboxylic acids is 1. The second-order valence-corrected chi connectivity index (χ2v) is 5.13. The van der Waals surface area contributed by atoms with Gasteiger partial charge in [0.05, 0.1) is 17.3 Å². The molecule has 1 N–H and O–H groups in total. The molecule has 0 saturated heterocycles. The van der Waals surface area contributed by atoms with Crippen molar-refractivity contribution in [2.75, 3.05) is 11.9 Å². The van der Waals surface area contributed by atoms with Crippen molar-refractivity contribution in [2.45, 2.75) is 19.9 Å². The van der Waals surface area contributed by atoms with Crippen molar-refractivity contribution in [1.29, 1.82) is 0 Å². The van der Waals surface area contributed by atoms with Crippen molar-refractivity contribution in [2.24, 2.45) is 0 Å². The first-order chi connectivity index (χ1) is 9.91. The summed E-state index contributed by atoms with van der Waals surface area (Å²) < 4.78 is 13.9. The van der Waals surface area contributed by atoms with Gasteiger partial charge >= 0.3 is 5.97 Å². The second kappa shape index (κ2) is 5.95. The molecule has 1 unspecified atom stereocenters. The summed E-state index contributed by atoms with van der Waals surface area (Å²) in [6, 6.07) is 11.4. The number of carboxylic acid groups (broad SMARTS) is 1. The third kappa shape index (κ3) is 3.05. The summed E-state index contributed by atoms with van der Waals surface area (Å²) in [6.45, 7) is 3.75. The van der Waals surface area contributed by atoms with Gasteiger partial charge in [-0.2, -0.15) is 0 Å². The first kappa shape index (κ1) is 15.0. The van der Waals surface area contributed by atoms with E-state index in [1.807, 2.05) is 13.8 Å². The van der Waals surface area contributed by atoms with E-state index in [1.54, 1.807) is 48.3 Å². The number of hydrogen-bond donors (Lipinski definition) is 1. The van der Waals surface area contributed by atoms with Gasteiger partial charge in [0, 0.05) is 12.6 Å². The summed E-state index contributed by atoms with van der Waals surface area (Å²) >= 11 is 0. The summed E-state index contributed by atoms with van der Waals surface area (Å²) in [7, 11) is 1.78. The molecule has 2 aromatic rings. The maximum absolute atomic E-state index is 13.9. The Kier molecular flexibility index (Phi) is 4.26. The summed E-state index contributed by atoms with van der Waals surface area (Å²) in [5.41, 5.74) is 2.30. The third-order valence-electron chi connectivity index (χ3n) is 3.70. The average molecular weight is 287 g/mol. The summed E-state index contributed by atoms with van der Waals surface area (Å²) in [5.74, 6) is -1.28. The number of nitrogens with zero attached hydrogens (tertiary/aromatic N) is 1. The van der Waals surface area contributed by atoms with Crippen molar-refractivity contribution < 1.29 is 14.3 Å². The highest BCUT2D eigenvalue weighted by Gasteiger charge is 2.20. The molecule has 0 bridgehead atoms. The molecule has 0 fully saturated rings. The standard InChI is InChI=1S/C17H18FNO2/c1-11-8-9-14(17(20)21)16(10-11)19(3)12(2)13-6-4-5-7-15(13)18/h4-10,12H,1-3H3,(H,20,21). The Morgan fingerprint density at radius 3 is 2.52 bits per heavy atom. The Morgan fingerprint density at radius 2 is 1.90 bits per heavy atom.